The molecule has 138 valence electrons. The smallest absolute Gasteiger partial charge is 0.234 e. The molecule has 4 nitrogen and oxygen atoms in total. The molecule has 1 N–H and O–H groups in total. The molecule has 0 atom stereocenters. The molecular weight excluding hydrogens is 385 g/mol. The Morgan fingerprint density at radius 3 is 2.70 bits per heavy atom. The van der Waals surface area contributed by atoms with Crippen LogP contribution in [-0.2, 0) is 4.79 Å². The third-order valence-electron chi connectivity index (χ3n) is 3.72. The predicted molar refractivity (Wildman–Crippen MR) is 108 cm³/mol. The minimum Gasteiger partial charge on any atom is -0.325 e. The summed E-state index contributed by atoms with van der Waals surface area (Å²) in [4.78, 5) is 21.0. The summed E-state index contributed by atoms with van der Waals surface area (Å²) in [6, 6.07) is 13.3. The Bertz CT molecular complexity index is 997. The van der Waals surface area contributed by atoms with Crippen molar-refractivity contribution >= 4 is 35.0 Å². The largest absolute Gasteiger partial charge is 0.325 e. The number of amides is 1. The molecule has 0 bridgehead atoms. The van der Waals surface area contributed by atoms with E-state index in [1.807, 2.05) is 19.9 Å². The quantitative estimate of drug-likeness (QED) is 0.466. The highest BCUT2D eigenvalue weighted by atomic mass is 35.5. The maximum Gasteiger partial charge on any atom is 0.234 e. The van der Waals surface area contributed by atoms with Gasteiger partial charge in [0.25, 0.3) is 0 Å². The van der Waals surface area contributed by atoms with Gasteiger partial charge >= 0.3 is 0 Å². The van der Waals surface area contributed by atoms with E-state index in [1.54, 1.807) is 30.3 Å². The molecule has 3 rings (SSSR count). The zero-order chi connectivity index (χ0) is 19.4. The van der Waals surface area contributed by atoms with Crippen LogP contribution >= 0.6 is 23.4 Å². The normalized spacial score (nSPS) is 10.7. The second-order valence-corrected chi connectivity index (χ2v) is 7.39. The Morgan fingerprint density at radius 2 is 1.96 bits per heavy atom. The van der Waals surface area contributed by atoms with E-state index in [0.29, 0.717) is 27.1 Å². The molecule has 0 saturated carbocycles. The summed E-state index contributed by atoms with van der Waals surface area (Å²) < 4.78 is 13.4. The summed E-state index contributed by atoms with van der Waals surface area (Å²) in [5.41, 5.74) is 2.94. The van der Waals surface area contributed by atoms with Crippen LogP contribution in [0.25, 0.3) is 11.4 Å². The fourth-order valence-corrected chi connectivity index (χ4v) is 3.31. The number of carbonyl (C=O) groups excluding carboxylic acids is 1. The minimum absolute atomic E-state index is 0.163. The van der Waals surface area contributed by atoms with E-state index < -0.39 is 0 Å². The number of carbonyl (C=O) groups is 1. The van der Waals surface area contributed by atoms with Gasteiger partial charge in [-0.15, -0.1) is 0 Å². The summed E-state index contributed by atoms with van der Waals surface area (Å²) in [5, 5.41) is 4.07. The van der Waals surface area contributed by atoms with Crippen LogP contribution in [0.4, 0.5) is 10.1 Å². The van der Waals surface area contributed by atoms with Gasteiger partial charge in [0.15, 0.2) is 5.82 Å². The van der Waals surface area contributed by atoms with Crippen molar-refractivity contribution in [2.45, 2.75) is 18.9 Å². The lowest BCUT2D eigenvalue weighted by Gasteiger charge is -2.08. The average Bonchev–Trinajstić information content (AvgIpc) is 2.63. The molecule has 7 heteroatoms. The lowest BCUT2D eigenvalue weighted by molar-refractivity contribution is -0.113. The standard InChI is InChI=1S/C20H17ClFN3OS/c1-12-6-7-16(10-17(12)21)24-18(26)11-27-19-8-13(2)23-20(25-19)14-4-3-5-15(22)9-14/h3-10H,11H2,1-2H3,(H,24,26). The molecule has 0 aliphatic carbocycles. The molecule has 1 heterocycles. The molecular formula is C20H17ClFN3OS. The summed E-state index contributed by atoms with van der Waals surface area (Å²) in [6.07, 6.45) is 0. The molecule has 3 aromatic rings. The summed E-state index contributed by atoms with van der Waals surface area (Å²) in [7, 11) is 0. The van der Waals surface area contributed by atoms with Crippen molar-refractivity contribution in [2.24, 2.45) is 0 Å². The SMILES string of the molecule is Cc1cc(SCC(=O)Nc2ccc(C)c(Cl)c2)nc(-c2cccc(F)c2)n1. The van der Waals surface area contributed by atoms with Gasteiger partial charge in [0, 0.05) is 22.0 Å². The van der Waals surface area contributed by atoms with Crippen LogP contribution in [0.3, 0.4) is 0 Å². The maximum absolute atomic E-state index is 13.4. The van der Waals surface area contributed by atoms with Crippen molar-refractivity contribution in [3.05, 3.63) is 70.6 Å². The van der Waals surface area contributed by atoms with Crippen LogP contribution in [0, 0.1) is 19.7 Å². The zero-order valence-electron chi connectivity index (χ0n) is 14.8. The van der Waals surface area contributed by atoms with Crippen molar-refractivity contribution in [3.63, 3.8) is 0 Å². The Kier molecular flexibility index (Phi) is 6.08. The molecule has 1 amide bonds. The monoisotopic (exact) mass is 401 g/mol. The van der Waals surface area contributed by atoms with Gasteiger partial charge in [-0.1, -0.05) is 41.6 Å². The molecule has 0 spiro atoms. The molecule has 0 saturated heterocycles. The number of hydrogen-bond donors (Lipinski definition) is 1. The number of aryl methyl sites for hydroxylation is 2. The number of hydrogen-bond acceptors (Lipinski definition) is 4. The highest BCUT2D eigenvalue weighted by Crippen LogP contribution is 2.23. The van der Waals surface area contributed by atoms with E-state index in [-0.39, 0.29) is 17.5 Å². The predicted octanol–water partition coefficient (Wildman–Crippen LogP) is 5.28. The Morgan fingerprint density at radius 1 is 1.15 bits per heavy atom. The number of thioether (sulfide) groups is 1. The Balaban J connectivity index is 1.68. The number of benzene rings is 2. The number of halogens is 2. The first kappa shape index (κ1) is 19.3. The van der Waals surface area contributed by atoms with Gasteiger partial charge < -0.3 is 5.32 Å². The first-order chi connectivity index (χ1) is 12.9. The summed E-state index contributed by atoms with van der Waals surface area (Å²) in [5.74, 6) is 0.110. The van der Waals surface area contributed by atoms with Gasteiger partial charge in [0.1, 0.15) is 10.8 Å². The van der Waals surface area contributed by atoms with Crippen LogP contribution < -0.4 is 5.32 Å². The Hall–Kier alpha value is -2.44. The van der Waals surface area contributed by atoms with Gasteiger partial charge in [-0.2, -0.15) is 0 Å². The van der Waals surface area contributed by atoms with Gasteiger partial charge in [0.05, 0.1) is 5.75 Å². The van der Waals surface area contributed by atoms with Crippen LogP contribution in [0.1, 0.15) is 11.3 Å². The van der Waals surface area contributed by atoms with E-state index >= 15 is 0 Å². The van der Waals surface area contributed by atoms with Crippen LogP contribution in [0.2, 0.25) is 5.02 Å². The van der Waals surface area contributed by atoms with E-state index in [0.717, 1.165) is 11.3 Å². The van der Waals surface area contributed by atoms with Gasteiger partial charge in [-0.3, -0.25) is 4.79 Å². The van der Waals surface area contributed by atoms with E-state index in [2.05, 4.69) is 15.3 Å². The summed E-state index contributed by atoms with van der Waals surface area (Å²) in [6.45, 7) is 3.74. The van der Waals surface area contributed by atoms with E-state index in [9.17, 15) is 9.18 Å². The number of nitrogens with zero attached hydrogens (tertiary/aromatic N) is 2. The first-order valence-electron chi connectivity index (χ1n) is 8.21. The highest BCUT2D eigenvalue weighted by molar-refractivity contribution is 7.99. The average molecular weight is 402 g/mol. The van der Waals surface area contributed by atoms with E-state index in [1.165, 1.54) is 23.9 Å². The zero-order valence-corrected chi connectivity index (χ0v) is 16.4. The van der Waals surface area contributed by atoms with E-state index in [4.69, 9.17) is 11.6 Å². The molecule has 0 unspecified atom stereocenters. The van der Waals surface area contributed by atoms with Crippen molar-refractivity contribution in [2.75, 3.05) is 11.1 Å². The molecule has 27 heavy (non-hydrogen) atoms. The lowest BCUT2D eigenvalue weighted by Crippen LogP contribution is -2.14. The number of nitrogens with one attached hydrogen (secondary N) is 1. The first-order valence-corrected chi connectivity index (χ1v) is 9.57. The van der Waals surface area contributed by atoms with Crippen molar-refractivity contribution in [1.82, 2.24) is 9.97 Å². The van der Waals surface area contributed by atoms with Gasteiger partial charge in [0.2, 0.25) is 5.91 Å². The molecule has 0 aliphatic heterocycles. The Labute approximate surface area is 166 Å². The molecule has 0 aliphatic rings. The number of anilines is 1. The number of rotatable bonds is 5. The number of aromatic nitrogens is 2. The summed E-state index contributed by atoms with van der Waals surface area (Å²) >= 11 is 7.37. The highest BCUT2D eigenvalue weighted by Gasteiger charge is 2.10. The third-order valence-corrected chi connectivity index (χ3v) is 5.04. The van der Waals surface area contributed by atoms with Crippen LogP contribution in [0.15, 0.2) is 53.6 Å². The third kappa shape index (κ3) is 5.28. The van der Waals surface area contributed by atoms with Crippen molar-refractivity contribution in [1.29, 1.82) is 0 Å². The fourth-order valence-electron chi connectivity index (χ4n) is 2.38. The van der Waals surface area contributed by atoms with Gasteiger partial charge in [-0.05, 0) is 49.7 Å². The van der Waals surface area contributed by atoms with Crippen LogP contribution in [0.5, 0.6) is 0 Å². The fraction of sp³-hybridized carbons (Fsp3) is 0.150. The topological polar surface area (TPSA) is 54.9 Å². The maximum atomic E-state index is 13.4. The van der Waals surface area contributed by atoms with Gasteiger partial charge in [-0.25, -0.2) is 14.4 Å². The van der Waals surface area contributed by atoms with Crippen molar-refractivity contribution in [3.8, 4) is 11.4 Å². The molecule has 1 aromatic heterocycles. The minimum atomic E-state index is -0.344. The second-order valence-electron chi connectivity index (χ2n) is 5.98. The van der Waals surface area contributed by atoms with Crippen LogP contribution in [-0.4, -0.2) is 21.6 Å². The lowest BCUT2D eigenvalue weighted by atomic mass is 10.2. The second kappa shape index (κ2) is 8.50. The molecule has 2 aromatic carbocycles. The molecule has 0 fully saturated rings. The van der Waals surface area contributed by atoms with Crippen molar-refractivity contribution < 1.29 is 9.18 Å². The molecule has 0 radical (unpaired) electrons.